The molecule has 0 fully saturated rings. The summed E-state index contributed by atoms with van der Waals surface area (Å²) in [7, 11) is 0. The van der Waals surface area contributed by atoms with Crippen LogP contribution >= 0.6 is 11.6 Å². The number of halogens is 1. The number of aliphatic hydroxyl groups is 1. The number of rotatable bonds is 4. The maximum absolute atomic E-state index is 8.78. The Balaban J connectivity index is 2.50. The predicted octanol–water partition coefficient (Wildman–Crippen LogP) is 1.17. The van der Waals surface area contributed by atoms with Gasteiger partial charge in [-0.05, 0) is 5.92 Å². The molecule has 5 heteroatoms. The zero-order valence-corrected chi connectivity index (χ0v) is 8.12. The summed E-state index contributed by atoms with van der Waals surface area (Å²) in [5.74, 6) is 0.794. The van der Waals surface area contributed by atoms with Crippen molar-refractivity contribution < 1.29 is 5.11 Å². The molecule has 1 aromatic heterocycles. The van der Waals surface area contributed by atoms with E-state index in [0.717, 1.165) is 0 Å². The highest BCUT2D eigenvalue weighted by atomic mass is 35.5. The van der Waals surface area contributed by atoms with E-state index in [1.807, 2.05) is 6.92 Å². The lowest BCUT2D eigenvalue weighted by atomic mass is 10.2. The van der Waals surface area contributed by atoms with E-state index in [9.17, 15) is 0 Å². The molecule has 0 aromatic carbocycles. The molecule has 0 saturated carbocycles. The van der Waals surface area contributed by atoms with Crippen molar-refractivity contribution in [3.05, 3.63) is 17.5 Å². The van der Waals surface area contributed by atoms with Crippen LogP contribution in [0.1, 0.15) is 6.92 Å². The zero-order valence-electron chi connectivity index (χ0n) is 7.37. The number of hydrogen-bond acceptors (Lipinski definition) is 4. The second-order valence-corrected chi connectivity index (χ2v) is 3.30. The van der Waals surface area contributed by atoms with Crippen molar-refractivity contribution in [2.45, 2.75) is 6.92 Å². The minimum Gasteiger partial charge on any atom is -0.396 e. The van der Waals surface area contributed by atoms with Crippen molar-refractivity contribution in [3.8, 4) is 0 Å². The van der Waals surface area contributed by atoms with Crippen LogP contribution in [0.2, 0.25) is 5.02 Å². The Morgan fingerprint density at radius 3 is 3.08 bits per heavy atom. The molecule has 0 aliphatic rings. The molecule has 1 atom stereocenters. The van der Waals surface area contributed by atoms with Crippen LogP contribution in [0.25, 0.3) is 0 Å². The minimum atomic E-state index is 0.149. The van der Waals surface area contributed by atoms with E-state index in [2.05, 4.69) is 15.3 Å². The molecule has 0 amide bonds. The summed E-state index contributed by atoms with van der Waals surface area (Å²) in [4.78, 5) is 7.71. The van der Waals surface area contributed by atoms with Gasteiger partial charge in [0, 0.05) is 13.2 Å². The van der Waals surface area contributed by atoms with Crippen LogP contribution in [-0.4, -0.2) is 28.2 Å². The topological polar surface area (TPSA) is 58.0 Å². The average Bonchev–Trinajstić information content (AvgIpc) is 2.16. The highest BCUT2D eigenvalue weighted by Crippen LogP contribution is 2.15. The van der Waals surface area contributed by atoms with Crippen LogP contribution < -0.4 is 5.32 Å². The normalized spacial score (nSPS) is 12.5. The van der Waals surface area contributed by atoms with Gasteiger partial charge in [0.05, 0.1) is 6.20 Å². The standard InChI is InChI=1S/C8H12ClN3O/c1-6(4-13)2-11-8-7(9)3-10-5-12-8/h3,5-6,13H,2,4H2,1H3,(H,10,11,12). The molecule has 13 heavy (non-hydrogen) atoms. The Bertz CT molecular complexity index is 269. The summed E-state index contributed by atoms with van der Waals surface area (Å²) in [5.41, 5.74) is 0. The van der Waals surface area contributed by atoms with Crippen LogP contribution in [0, 0.1) is 5.92 Å². The number of aliphatic hydroxyl groups excluding tert-OH is 1. The first-order valence-corrected chi connectivity index (χ1v) is 4.42. The van der Waals surface area contributed by atoms with Crippen LogP contribution in [0.4, 0.5) is 5.82 Å². The summed E-state index contributed by atoms with van der Waals surface area (Å²) < 4.78 is 0. The molecule has 1 rings (SSSR count). The Kier molecular flexibility index (Phi) is 3.92. The fourth-order valence-electron chi connectivity index (χ4n) is 0.778. The van der Waals surface area contributed by atoms with Gasteiger partial charge in [-0.3, -0.25) is 0 Å². The first-order chi connectivity index (χ1) is 6.24. The lowest BCUT2D eigenvalue weighted by molar-refractivity contribution is 0.244. The maximum Gasteiger partial charge on any atom is 0.148 e. The van der Waals surface area contributed by atoms with E-state index in [-0.39, 0.29) is 12.5 Å². The van der Waals surface area contributed by atoms with Gasteiger partial charge in [-0.15, -0.1) is 0 Å². The van der Waals surface area contributed by atoms with Gasteiger partial charge in [0.25, 0.3) is 0 Å². The number of nitrogens with zero attached hydrogens (tertiary/aromatic N) is 2. The fourth-order valence-corrected chi connectivity index (χ4v) is 0.950. The van der Waals surface area contributed by atoms with Crippen LogP contribution in [0.15, 0.2) is 12.5 Å². The number of nitrogens with one attached hydrogen (secondary N) is 1. The molecule has 2 N–H and O–H groups in total. The summed E-state index contributed by atoms with van der Waals surface area (Å²) in [6, 6.07) is 0. The lowest BCUT2D eigenvalue weighted by Crippen LogP contribution is -2.15. The third-order valence-corrected chi connectivity index (χ3v) is 1.87. The minimum absolute atomic E-state index is 0.149. The Labute approximate surface area is 82.0 Å². The van der Waals surface area contributed by atoms with E-state index in [4.69, 9.17) is 16.7 Å². The summed E-state index contributed by atoms with van der Waals surface area (Å²) >= 11 is 5.80. The second-order valence-electron chi connectivity index (χ2n) is 2.89. The van der Waals surface area contributed by atoms with Gasteiger partial charge >= 0.3 is 0 Å². The van der Waals surface area contributed by atoms with Crippen LogP contribution in [0.3, 0.4) is 0 Å². The predicted molar refractivity (Wildman–Crippen MR) is 51.8 cm³/mol. The lowest BCUT2D eigenvalue weighted by Gasteiger charge is -2.10. The number of aromatic nitrogens is 2. The Morgan fingerprint density at radius 2 is 2.46 bits per heavy atom. The first kappa shape index (κ1) is 10.2. The number of anilines is 1. The van der Waals surface area contributed by atoms with Gasteiger partial charge in [-0.1, -0.05) is 18.5 Å². The van der Waals surface area contributed by atoms with Crippen molar-refractivity contribution in [3.63, 3.8) is 0 Å². The Hall–Kier alpha value is -0.870. The van der Waals surface area contributed by atoms with E-state index in [1.54, 1.807) is 0 Å². The van der Waals surface area contributed by atoms with E-state index >= 15 is 0 Å². The first-order valence-electron chi connectivity index (χ1n) is 4.04. The molecule has 0 aliphatic carbocycles. The van der Waals surface area contributed by atoms with E-state index in [0.29, 0.717) is 17.4 Å². The van der Waals surface area contributed by atoms with Gasteiger partial charge in [-0.2, -0.15) is 0 Å². The molecule has 1 aromatic rings. The molecule has 0 saturated heterocycles. The van der Waals surface area contributed by atoms with Crippen LogP contribution in [-0.2, 0) is 0 Å². The smallest absolute Gasteiger partial charge is 0.148 e. The van der Waals surface area contributed by atoms with E-state index in [1.165, 1.54) is 12.5 Å². The Morgan fingerprint density at radius 1 is 1.69 bits per heavy atom. The molecular formula is C8H12ClN3O. The number of hydrogen-bond donors (Lipinski definition) is 2. The van der Waals surface area contributed by atoms with Crippen molar-refractivity contribution in [2.75, 3.05) is 18.5 Å². The third kappa shape index (κ3) is 3.16. The highest BCUT2D eigenvalue weighted by molar-refractivity contribution is 6.32. The maximum atomic E-state index is 8.78. The largest absolute Gasteiger partial charge is 0.396 e. The highest BCUT2D eigenvalue weighted by Gasteiger charge is 2.03. The van der Waals surface area contributed by atoms with Gasteiger partial charge in [0.2, 0.25) is 0 Å². The van der Waals surface area contributed by atoms with Crippen molar-refractivity contribution in [1.29, 1.82) is 0 Å². The monoisotopic (exact) mass is 201 g/mol. The molecule has 72 valence electrons. The van der Waals surface area contributed by atoms with Gasteiger partial charge in [-0.25, -0.2) is 9.97 Å². The molecule has 0 bridgehead atoms. The molecule has 1 unspecified atom stereocenters. The summed E-state index contributed by atoms with van der Waals surface area (Å²) in [6.07, 6.45) is 2.96. The second kappa shape index (κ2) is 4.99. The zero-order chi connectivity index (χ0) is 9.68. The summed E-state index contributed by atoms with van der Waals surface area (Å²) in [6.45, 7) is 2.73. The molecule has 0 radical (unpaired) electrons. The molecule has 0 spiro atoms. The van der Waals surface area contributed by atoms with Crippen molar-refractivity contribution >= 4 is 17.4 Å². The van der Waals surface area contributed by atoms with Gasteiger partial charge < -0.3 is 10.4 Å². The molecule has 0 aliphatic heterocycles. The SMILES string of the molecule is CC(CO)CNc1ncncc1Cl. The average molecular weight is 202 g/mol. The van der Waals surface area contributed by atoms with Crippen LogP contribution in [0.5, 0.6) is 0 Å². The molecule has 4 nitrogen and oxygen atoms in total. The van der Waals surface area contributed by atoms with Crippen molar-refractivity contribution in [2.24, 2.45) is 5.92 Å². The summed E-state index contributed by atoms with van der Waals surface area (Å²) in [5, 5.41) is 12.3. The molecular weight excluding hydrogens is 190 g/mol. The quantitative estimate of drug-likeness (QED) is 0.768. The van der Waals surface area contributed by atoms with Gasteiger partial charge in [0.1, 0.15) is 17.2 Å². The van der Waals surface area contributed by atoms with Crippen molar-refractivity contribution in [1.82, 2.24) is 9.97 Å². The van der Waals surface area contributed by atoms with E-state index < -0.39 is 0 Å². The molecule has 1 heterocycles. The fraction of sp³-hybridized carbons (Fsp3) is 0.500. The third-order valence-electron chi connectivity index (χ3n) is 1.60. The van der Waals surface area contributed by atoms with Gasteiger partial charge in [0.15, 0.2) is 0 Å².